The molecular formula is C19H18NO3P. The van der Waals surface area contributed by atoms with E-state index >= 15 is 0 Å². The fraction of sp³-hybridized carbons (Fsp3) is 0.0526. The molecule has 5 heteroatoms. The summed E-state index contributed by atoms with van der Waals surface area (Å²) in [4.78, 5) is 19.6. The maximum Gasteiger partial charge on any atom is 0.352 e. The average molecular weight is 339 g/mol. The first-order valence-electron chi connectivity index (χ1n) is 7.57. The molecule has 0 spiro atoms. The van der Waals surface area contributed by atoms with Gasteiger partial charge in [-0.2, -0.15) is 0 Å². The zero-order chi connectivity index (χ0) is 17.0. The quantitative estimate of drug-likeness (QED) is 0.592. The molecule has 0 fully saturated rings. The van der Waals surface area contributed by atoms with Crippen molar-refractivity contribution in [1.29, 1.82) is 0 Å². The predicted octanol–water partition coefficient (Wildman–Crippen LogP) is 4.64. The lowest BCUT2D eigenvalue weighted by molar-refractivity contribution is 0.363. The first-order valence-corrected chi connectivity index (χ1v) is 9.25. The minimum atomic E-state index is -4.39. The van der Waals surface area contributed by atoms with Gasteiger partial charge in [0.05, 0.1) is 0 Å². The van der Waals surface area contributed by atoms with Crippen LogP contribution in [-0.4, -0.2) is 9.79 Å². The first-order chi connectivity index (χ1) is 11.6. The van der Waals surface area contributed by atoms with Crippen LogP contribution in [0.25, 0.3) is 11.1 Å². The Morgan fingerprint density at radius 2 is 1.29 bits per heavy atom. The Kier molecular flexibility index (Phi) is 4.81. The number of benzene rings is 3. The van der Waals surface area contributed by atoms with Gasteiger partial charge in [-0.25, -0.2) is 0 Å². The molecule has 3 N–H and O–H groups in total. The van der Waals surface area contributed by atoms with Gasteiger partial charge in [-0.15, -0.1) is 0 Å². The second kappa shape index (κ2) is 7.02. The minimum absolute atomic E-state index is 0.550. The zero-order valence-electron chi connectivity index (χ0n) is 12.9. The summed E-state index contributed by atoms with van der Waals surface area (Å²) in [5.74, 6) is -1.09. The third kappa shape index (κ3) is 3.74. The van der Waals surface area contributed by atoms with E-state index in [0.717, 1.165) is 11.1 Å². The van der Waals surface area contributed by atoms with E-state index in [2.05, 4.69) is 5.32 Å². The zero-order valence-corrected chi connectivity index (χ0v) is 13.8. The van der Waals surface area contributed by atoms with E-state index in [1.165, 1.54) is 0 Å². The van der Waals surface area contributed by atoms with Crippen molar-refractivity contribution in [3.63, 3.8) is 0 Å². The molecule has 0 saturated heterocycles. The van der Waals surface area contributed by atoms with Crippen molar-refractivity contribution in [1.82, 2.24) is 0 Å². The summed E-state index contributed by atoms with van der Waals surface area (Å²) >= 11 is 0. The lowest BCUT2D eigenvalue weighted by atomic mass is 10.0. The normalized spacial score (nSPS) is 12.6. The van der Waals surface area contributed by atoms with Gasteiger partial charge in [-0.05, 0) is 17.2 Å². The van der Waals surface area contributed by atoms with Gasteiger partial charge < -0.3 is 15.1 Å². The Morgan fingerprint density at radius 3 is 1.92 bits per heavy atom. The molecule has 1 atom stereocenters. The van der Waals surface area contributed by atoms with Crippen LogP contribution in [0.2, 0.25) is 0 Å². The molecule has 3 rings (SSSR count). The second-order valence-electron chi connectivity index (χ2n) is 5.46. The number of rotatable bonds is 5. The summed E-state index contributed by atoms with van der Waals surface area (Å²) in [5, 5.41) is 3.04. The second-order valence-corrected chi connectivity index (χ2v) is 7.15. The molecule has 3 aromatic rings. The molecule has 0 amide bonds. The van der Waals surface area contributed by atoms with E-state index in [-0.39, 0.29) is 0 Å². The summed E-state index contributed by atoms with van der Waals surface area (Å²) in [6.45, 7) is 0. The molecule has 1 unspecified atom stereocenters. The van der Waals surface area contributed by atoms with Crippen molar-refractivity contribution < 1.29 is 14.4 Å². The molecule has 0 radical (unpaired) electrons. The standard InChI is InChI=1S/C19H18NO3P/c21-24(22,23)19(16-11-5-2-6-12-16)20-18-14-8-7-13-17(18)15-9-3-1-4-10-15/h1-14,19-20H,(H2,21,22,23). The van der Waals surface area contributed by atoms with E-state index in [4.69, 9.17) is 0 Å². The molecule has 0 saturated carbocycles. The Bertz CT molecular complexity index is 847. The molecule has 0 aliphatic heterocycles. The lowest BCUT2D eigenvalue weighted by Crippen LogP contribution is -2.12. The van der Waals surface area contributed by atoms with Crippen molar-refractivity contribution >= 4 is 13.3 Å². The van der Waals surface area contributed by atoms with Crippen LogP contribution >= 0.6 is 7.60 Å². The van der Waals surface area contributed by atoms with E-state index in [1.54, 1.807) is 24.3 Å². The van der Waals surface area contributed by atoms with Crippen molar-refractivity contribution in [2.45, 2.75) is 5.78 Å². The number of nitrogens with one attached hydrogen (secondary N) is 1. The molecule has 0 aliphatic carbocycles. The van der Waals surface area contributed by atoms with Crippen LogP contribution in [0.4, 0.5) is 5.69 Å². The van der Waals surface area contributed by atoms with Crippen LogP contribution in [0.15, 0.2) is 84.9 Å². The van der Waals surface area contributed by atoms with Gasteiger partial charge in [0.15, 0.2) is 5.78 Å². The average Bonchev–Trinajstić information content (AvgIpc) is 2.60. The Balaban J connectivity index is 2.02. The maximum atomic E-state index is 12.0. The predicted molar refractivity (Wildman–Crippen MR) is 96.7 cm³/mol. The lowest BCUT2D eigenvalue weighted by Gasteiger charge is -2.23. The molecular weight excluding hydrogens is 321 g/mol. The number of hydrogen-bond acceptors (Lipinski definition) is 2. The topological polar surface area (TPSA) is 69.6 Å². The van der Waals surface area contributed by atoms with Gasteiger partial charge in [-0.3, -0.25) is 4.57 Å². The van der Waals surface area contributed by atoms with E-state index in [1.807, 2.05) is 60.7 Å². The van der Waals surface area contributed by atoms with Crippen LogP contribution in [0.1, 0.15) is 11.3 Å². The van der Waals surface area contributed by atoms with Crippen molar-refractivity contribution in [2.24, 2.45) is 0 Å². The van der Waals surface area contributed by atoms with Gasteiger partial charge in [0, 0.05) is 11.3 Å². The molecule has 24 heavy (non-hydrogen) atoms. The Hall–Kier alpha value is -2.39. The molecule has 0 heterocycles. The van der Waals surface area contributed by atoms with Crippen LogP contribution < -0.4 is 5.32 Å². The van der Waals surface area contributed by atoms with Crippen LogP contribution in [0.3, 0.4) is 0 Å². The van der Waals surface area contributed by atoms with Gasteiger partial charge in [0.25, 0.3) is 0 Å². The molecule has 122 valence electrons. The monoisotopic (exact) mass is 339 g/mol. The largest absolute Gasteiger partial charge is 0.367 e. The minimum Gasteiger partial charge on any atom is -0.367 e. The van der Waals surface area contributed by atoms with E-state index in [9.17, 15) is 14.4 Å². The smallest absolute Gasteiger partial charge is 0.352 e. The molecule has 0 aliphatic rings. The first kappa shape index (κ1) is 16.5. The van der Waals surface area contributed by atoms with Crippen molar-refractivity contribution in [3.8, 4) is 11.1 Å². The molecule has 3 aromatic carbocycles. The molecule has 4 nitrogen and oxygen atoms in total. The Labute approximate surface area is 141 Å². The third-order valence-electron chi connectivity index (χ3n) is 3.76. The highest BCUT2D eigenvalue weighted by Crippen LogP contribution is 2.52. The summed E-state index contributed by atoms with van der Waals surface area (Å²) in [5.41, 5.74) is 3.11. The highest BCUT2D eigenvalue weighted by atomic mass is 31.2. The van der Waals surface area contributed by atoms with Crippen molar-refractivity contribution in [2.75, 3.05) is 5.32 Å². The highest BCUT2D eigenvalue weighted by molar-refractivity contribution is 7.52. The van der Waals surface area contributed by atoms with Gasteiger partial charge in [-0.1, -0.05) is 78.9 Å². The van der Waals surface area contributed by atoms with E-state index < -0.39 is 13.4 Å². The summed E-state index contributed by atoms with van der Waals surface area (Å²) in [6, 6.07) is 26.0. The van der Waals surface area contributed by atoms with Crippen LogP contribution in [-0.2, 0) is 4.57 Å². The highest BCUT2D eigenvalue weighted by Gasteiger charge is 2.30. The third-order valence-corrected chi connectivity index (χ3v) is 4.86. The number of para-hydroxylation sites is 1. The van der Waals surface area contributed by atoms with Gasteiger partial charge in [0.2, 0.25) is 0 Å². The number of hydrogen-bond donors (Lipinski definition) is 3. The summed E-state index contributed by atoms with van der Waals surface area (Å²) < 4.78 is 12.0. The summed E-state index contributed by atoms with van der Waals surface area (Å²) in [7, 11) is -4.39. The van der Waals surface area contributed by atoms with Gasteiger partial charge in [0.1, 0.15) is 0 Å². The molecule has 0 bridgehead atoms. The van der Waals surface area contributed by atoms with Gasteiger partial charge >= 0.3 is 7.60 Å². The van der Waals surface area contributed by atoms with Crippen LogP contribution in [0, 0.1) is 0 Å². The molecule has 0 aromatic heterocycles. The SMILES string of the molecule is O=P(O)(O)C(Nc1ccccc1-c1ccccc1)c1ccccc1. The Morgan fingerprint density at radius 1 is 0.750 bits per heavy atom. The summed E-state index contributed by atoms with van der Waals surface area (Å²) in [6.07, 6.45) is 0. The fourth-order valence-electron chi connectivity index (χ4n) is 2.62. The maximum absolute atomic E-state index is 12.0. The van der Waals surface area contributed by atoms with Crippen molar-refractivity contribution in [3.05, 3.63) is 90.5 Å². The number of anilines is 1. The van der Waals surface area contributed by atoms with E-state index in [0.29, 0.717) is 11.3 Å². The fourth-order valence-corrected chi connectivity index (χ4v) is 3.49. The van der Waals surface area contributed by atoms with Crippen LogP contribution in [0.5, 0.6) is 0 Å².